The Hall–Kier alpha value is -3.66. The van der Waals surface area contributed by atoms with Crippen molar-refractivity contribution in [2.75, 3.05) is 11.0 Å². The molecule has 0 saturated carbocycles. The van der Waals surface area contributed by atoms with E-state index in [4.69, 9.17) is 0 Å². The van der Waals surface area contributed by atoms with Crippen molar-refractivity contribution in [3.05, 3.63) is 83.4 Å². The third-order valence-electron chi connectivity index (χ3n) is 4.77. The molecule has 33 heavy (non-hydrogen) atoms. The van der Waals surface area contributed by atoms with E-state index in [-0.39, 0.29) is 11.3 Å². The van der Waals surface area contributed by atoms with E-state index in [0.717, 1.165) is 18.4 Å². The van der Waals surface area contributed by atoms with Gasteiger partial charge in [-0.05, 0) is 35.9 Å². The zero-order chi connectivity index (χ0) is 23.8. The van der Waals surface area contributed by atoms with E-state index in [1.807, 2.05) is 0 Å². The minimum atomic E-state index is -4.40. The highest BCUT2D eigenvalue weighted by atomic mass is 32.2. The minimum Gasteiger partial charge on any atom is -0.338 e. The predicted octanol–water partition coefficient (Wildman–Crippen LogP) is 5.93. The van der Waals surface area contributed by atoms with Gasteiger partial charge in [-0.25, -0.2) is 17.8 Å². The number of nitrogens with zero attached hydrogens (tertiary/aromatic N) is 1. The molecule has 2 N–H and O–H groups in total. The van der Waals surface area contributed by atoms with Crippen molar-refractivity contribution < 1.29 is 26.0 Å². The van der Waals surface area contributed by atoms with Gasteiger partial charge in [0.25, 0.3) is 0 Å². The quantitative estimate of drug-likeness (QED) is 0.352. The lowest BCUT2D eigenvalue weighted by Gasteiger charge is -2.11. The van der Waals surface area contributed by atoms with Crippen molar-refractivity contribution >= 4 is 38.9 Å². The van der Waals surface area contributed by atoms with E-state index in [1.54, 1.807) is 30.4 Å². The van der Waals surface area contributed by atoms with Crippen molar-refractivity contribution in [1.82, 2.24) is 9.97 Å². The SMILES string of the molecule is CS(=O)(=O)Nc1ccccc1-c1cc2nc(C=Cc3ccc(C(F)(F)F)cc3)[nH]c2cc1F. The largest absolute Gasteiger partial charge is 0.416 e. The summed E-state index contributed by atoms with van der Waals surface area (Å²) in [6.07, 6.45) is -0.246. The summed E-state index contributed by atoms with van der Waals surface area (Å²) >= 11 is 0. The van der Waals surface area contributed by atoms with Crippen LogP contribution in [0.4, 0.5) is 23.2 Å². The Kier molecular flexibility index (Phi) is 5.71. The van der Waals surface area contributed by atoms with Gasteiger partial charge in [0.15, 0.2) is 0 Å². The Labute approximate surface area is 186 Å². The molecule has 0 aliphatic carbocycles. The monoisotopic (exact) mass is 475 g/mol. The van der Waals surface area contributed by atoms with Crippen LogP contribution in [0.15, 0.2) is 60.7 Å². The fourth-order valence-electron chi connectivity index (χ4n) is 3.30. The topological polar surface area (TPSA) is 74.8 Å². The molecule has 0 fully saturated rings. The number of hydrogen-bond donors (Lipinski definition) is 2. The normalized spacial score (nSPS) is 12.5. The van der Waals surface area contributed by atoms with Gasteiger partial charge in [0.05, 0.1) is 28.5 Å². The number of alkyl halides is 3. The summed E-state index contributed by atoms with van der Waals surface area (Å²) in [6, 6.07) is 13.8. The predicted molar refractivity (Wildman–Crippen MR) is 120 cm³/mol. The highest BCUT2D eigenvalue weighted by Gasteiger charge is 2.29. The van der Waals surface area contributed by atoms with Gasteiger partial charge in [-0.15, -0.1) is 0 Å². The molecule has 5 nitrogen and oxygen atoms in total. The summed E-state index contributed by atoms with van der Waals surface area (Å²) in [5, 5.41) is 0. The fourth-order valence-corrected chi connectivity index (χ4v) is 3.88. The Balaban J connectivity index is 1.66. The third-order valence-corrected chi connectivity index (χ3v) is 5.36. The number of halogens is 4. The standard InChI is InChI=1S/C23H17F4N3O2S/c1-33(31,32)30-19-5-3-2-4-16(19)17-12-20-21(13-18(17)24)29-22(28-20)11-8-14-6-9-15(10-7-14)23(25,26)27/h2-13,30H,1H3,(H,28,29). The van der Waals surface area contributed by atoms with Crippen molar-refractivity contribution in [3.63, 3.8) is 0 Å². The van der Waals surface area contributed by atoms with Gasteiger partial charge >= 0.3 is 6.18 Å². The average Bonchev–Trinajstić information content (AvgIpc) is 3.12. The van der Waals surface area contributed by atoms with Gasteiger partial charge in [-0.2, -0.15) is 13.2 Å². The summed E-state index contributed by atoms with van der Waals surface area (Å²) in [5.74, 6) is -0.198. The number of H-pyrrole nitrogens is 1. The first-order valence-electron chi connectivity index (χ1n) is 9.61. The molecule has 0 aliphatic heterocycles. The number of aromatic amines is 1. The Morgan fingerprint density at radius 3 is 2.33 bits per heavy atom. The van der Waals surface area contributed by atoms with Crippen LogP contribution in [-0.4, -0.2) is 24.6 Å². The maximum absolute atomic E-state index is 14.9. The Bertz CT molecular complexity index is 1460. The number of para-hydroxylation sites is 1. The zero-order valence-corrected chi connectivity index (χ0v) is 17.9. The molecule has 0 radical (unpaired) electrons. The van der Waals surface area contributed by atoms with Gasteiger partial charge in [0.1, 0.15) is 11.6 Å². The fraction of sp³-hybridized carbons (Fsp3) is 0.0870. The molecule has 0 atom stereocenters. The Morgan fingerprint density at radius 2 is 1.67 bits per heavy atom. The van der Waals surface area contributed by atoms with E-state index in [1.165, 1.54) is 30.3 Å². The molecular formula is C23H17F4N3O2S. The van der Waals surface area contributed by atoms with Gasteiger partial charge in [-0.3, -0.25) is 4.72 Å². The van der Waals surface area contributed by atoms with Crippen molar-refractivity contribution in [3.8, 4) is 11.1 Å². The molecule has 0 amide bonds. The van der Waals surface area contributed by atoms with E-state index in [2.05, 4.69) is 14.7 Å². The van der Waals surface area contributed by atoms with Crippen molar-refractivity contribution in [1.29, 1.82) is 0 Å². The van der Waals surface area contributed by atoms with Crippen LogP contribution in [0.3, 0.4) is 0 Å². The first kappa shape index (κ1) is 22.5. The van der Waals surface area contributed by atoms with E-state index < -0.39 is 27.6 Å². The zero-order valence-electron chi connectivity index (χ0n) is 17.1. The maximum Gasteiger partial charge on any atom is 0.416 e. The lowest BCUT2D eigenvalue weighted by atomic mass is 10.0. The van der Waals surface area contributed by atoms with Crippen LogP contribution in [0.5, 0.6) is 0 Å². The molecule has 1 aromatic heterocycles. The molecule has 1 heterocycles. The molecule has 0 spiro atoms. The summed E-state index contributed by atoms with van der Waals surface area (Å²) in [5.41, 5.74) is 1.40. The summed E-state index contributed by atoms with van der Waals surface area (Å²) < 4.78 is 78.6. The van der Waals surface area contributed by atoms with Crippen LogP contribution in [-0.2, 0) is 16.2 Å². The van der Waals surface area contributed by atoms with Crippen LogP contribution >= 0.6 is 0 Å². The molecule has 3 aromatic carbocycles. The number of sulfonamides is 1. The summed E-state index contributed by atoms with van der Waals surface area (Å²) in [4.78, 5) is 7.33. The molecule has 0 aliphatic rings. The second-order valence-electron chi connectivity index (χ2n) is 7.34. The van der Waals surface area contributed by atoms with Crippen molar-refractivity contribution in [2.45, 2.75) is 6.18 Å². The minimum absolute atomic E-state index is 0.166. The molecule has 4 aromatic rings. The van der Waals surface area contributed by atoms with Crippen LogP contribution in [0.25, 0.3) is 34.3 Å². The molecule has 0 bridgehead atoms. The molecule has 0 unspecified atom stereocenters. The lowest BCUT2D eigenvalue weighted by Crippen LogP contribution is -2.10. The van der Waals surface area contributed by atoms with Gasteiger partial charge in [0.2, 0.25) is 10.0 Å². The number of anilines is 1. The van der Waals surface area contributed by atoms with Crippen LogP contribution < -0.4 is 4.72 Å². The maximum atomic E-state index is 14.9. The van der Waals surface area contributed by atoms with Gasteiger partial charge in [-0.1, -0.05) is 36.4 Å². The number of fused-ring (bicyclic) bond motifs is 1. The molecule has 0 saturated heterocycles. The first-order chi connectivity index (χ1) is 15.5. The molecule has 170 valence electrons. The third kappa shape index (κ3) is 5.23. The number of benzene rings is 3. The van der Waals surface area contributed by atoms with E-state index in [0.29, 0.717) is 28.0 Å². The van der Waals surface area contributed by atoms with Crippen molar-refractivity contribution in [2.24, 2.45) is 0 Å². The number of aromatic nitrogens is 2. The summed E-state index contributed by atoms with van der Waals surface area (Å²) in [7, 11) is -3.57. The number of hydrogen-bond acceptors (Lipinski definition) is 3. The molecular weight excluding hydrogens is 458 g/mol. The highest BCUT2D eigenvalue weighted by molar-refractivity contribution is 7.92. The van der Waals surface area contributed by atoms with Gasteiger partial charge < -0.3 is 4.98 Å². The van der Waals surface area contributed by atoms with Crippen LogP contribution in [0, 0.1) is 5.82 Å². The second-order valence-corrected chi connectivity index (χ2v) is 9.09. The molecule has 10 heteroatoms. The number of imidazole rings is 1. The molecule has 4 rings (SSSR count). The average molecular weight is 475 g/mol. The Morgan fingerprint density at radius 1 is 0.970 bits per heavy atom. The number of rotatable bonds is 5. The lowest BCUT2D eigenvalue weighted by molar-refractivity contribution is -0.137. The smallest absolute Gasteiger partial charge is 0.338 e. The second kappa shape index (κ2) is 8.36. The first-order valence-corrected chi connectivity index (χ1v) is 11.5. The number of nitrogens with one attached hydrogen (secondary N) is 2. The summed E-state index contributed by atoms with van der Waals surface area (Å²) in [6.45, 7) is 0. The van der Waals surface area contributed by atoms with Crippen LogP contribution in [0.2, 0.25) is 0 Å². The van der Waals surface area contributed by atoms with E-state index in [9.17, 15) is 26.0 Å². The van der Waals surface area contributed by atoms with E-state index >= 15 is 0 Å². The van der Waals surface area contributed by atoms with Gasteiger partial charge in [0, 0.05) is 17.2 Å². The highest BCUT2D eigenvalue weighted by Crippen LogP contribution is 2.33. The van der Waals surface area contributed by atoms with Crippen LogP contribution in [0.1, 0.15) is 17.0 Å².